The summed E-state index contributed by atoms with van der Waals surface area (Å²) in [6.07, 6.45) is 4.60. The lowest BCUT2D eigenvalue weighted by Crippen LogP contribution is -3.16. The first-order chi connectivity index (χ1) is 18.4. The Morgan fingerprint density at radius 1 is 1.20 bits per heavy atom. The Kier molecular flexibility index (Phi) is 7.60. The summed E-state index contributed by atoms with van der Waals surface area (Å²) in [5, 5.41) is 10.4. The fourth-order valence-corrected chi connectivity index (χ4v) is 8.89. The van der Waals surface area contributed by atoms with Crippen molar-refractivity contribution in [2.45, 2.75) is 55.9 Å². The van der Waals surface area contributed by atoms with Crippen molar-refractivity contribution in [1.29, 1.82) is 0 Å². The molecule has 2 aromatic carbocycles. The molecule has 5 N–H and O–H groups in total. The number of fused-ring (bicyclic) bond motifs is 2. The van der Waals surface area contributed by atoms with Gasteiger partial charge in [0.15, 0.2) is 0 Å². The van der Waals surface area contributed by atoms with Crippen LogP contribution in [0.2, 0.25) is 0 Å². The maximum atomic E-state index is 13.2. The lowest BCUT2D eigenvalue weighted by Gasteiger charge is -2.56. The highest BCUT2D eigenvalue weighted by atomic mass is 79.9. The maximum Gasteiger partial charge on any atom is 0.229 e. The molecule has 0 aromatic heterocycles. The van der Waals surface area contributed by atoms with Gasteiger partial charge in [-0.3, -0.25) is 4.79 Å². The molecule has 5 heterocycles. The first-order valence-corrected chi connectivity index (χ1v) is 14.4. The zero-order chi connectivity index (χ0) is 26.2. The van der Waals surface area contributed by atoms with Crippen LogP contribution in [-0.4, -0.2) is 66.8 Å². The largest absolute Gasteiger partial charge is 0.546 e. The van der Waals surface area contributed by atoms with Gasteiger partial charge >= 0.3 is 0 Å². The van der Waals surface area contributed by atoms with Crippen LogP contribution in [0.3, 0.4) is 0 Å². The molecular formula is C30H35BrN2O7. The highest BCUT2D eigenvalue weighted by molar-refractivity contribution is 9.10. The second-order valence-electron chi connectivity index (χ2n) is 11.4. The number of carboxylic acid groups (broad SMARTS) is 1. The SMILES string of the molecule is C[C@H](Oc1ccccc1Br)C(=O)[O-].O.O.O=C1C[C@@H]2OCC=C3C[NH+]4CC[C@]56c7ccccc7N1[C@H]5[C@H]2[C@H]3C[C@H]46. The molecule has 6 aliphatic rings. The van der Waals surface area contributed by atoms with Gasteiger partial charge < -0.3 is 40.1 Å². The van der Waals surface area contributed by atoms with Crippen molar-refractivity contribution in [2.24, 2.45) is 11.8 Å². The van der Waals surface area contributed by atoms with Crippen LogP contribution in [-0.2, 0) is 19.7 Å². The minimum atomic E-state index is -1.23. The van der Waals surface area contributed by atoms with E-state index in [-0.39, 0.29) is 28.4 Å². The van der Waals surface area contributed by atoms with Crippen molar-refractivity contribution in [3.8, 4) is 5.75 Å². The van der Waals surface area contributed by atoms with Gasteiger partial charge in [-0.05, 0) is 58.1 Å². The normalized spacial score (nSPS) is 34.0. The van der Waals surface area contributed by atoms with Crippen molar-refractivity contribution in [2.75, 3.05) is 24.6 Å². The van der Waals surface area contributed by atoms with E-state index in [4.69, 9.17) is 9.47 Å². The highest BCUT2D eigenvalue weighted by Gasteiger charge is 2.73. The van der Waals surface area contributed by atoms with Crippen molar-refractivity contribution < 1.29 is 40.0 Å². The van der Waals surface area contributed by atoms with Gasteiger partial charge in [0.05, 0.1) is 54.1 Å². The summed E-state index contributed by atoms with van der Waals surface area (Å²) in [6, 6.07) is 16.8. The van der Waals surface area contributed by atoms with Crippen molar-refractivity contribution in [3.05, 3.63) is 70.2 Å². The standard InChI is InChI=1S/C21H22N2O2.C9H9BrO3.2H2O/c24-18-10-16-19-13-9-17-21(6-7-22(17)11-12(13)5-8-25-16)14-3-1-2-4-15(14)23(18)20(19)21;1-6(9(11)12)13-8-5-3-2-4-7(8)10;;/h1-5,13,16-17,19-20H,6-11H2;2-6H,1H3,(H,11,12);2*1H2/t13-,16-,17-,19-,20-,21+;6-;;/m00../s1. The third kappa shape index (κ3) is 4.03. The molecule has 1 saturated carbocycles. The molecule has 0 radical (unpaired) electrons. The van der Waals surface area contributed by atoms with Crippen LogP contribution in [0.4, 0.5) is 5.69 Å². The van der Waals surface area contributed by atoms with E-state index in [0.717, 1.165) is 4.47 Å². The van der Waals surface area contributed by atoms with Gasteiger partial charge in [0.25, 0.3) is 0 Å². The number of para-hydroxylation sites is 2. The summed E-state index contributed by atoms with van der Waals surface area (Å²) in [5.74, 6) is 0.666. The average Bonchev–Trinajstić information content (AvgIpc) is 3.38. The molecule has 1 amide bonds. The smallest absolute Gasteiger partial charge is 0.229 e. The van der Waals surface area contributed by atoms with Gasteiger partial charge in [-0.1, -0.05) is 36.4 Å². The minimum absolute atomic E-state index is 0. The van der Waals surface area contributed by atoms with Gasteiger partial charge in [-0.15, -0.1) is 0 Å². The molecule has 214 valence electrons. The summed E-state index contributed by atoms with van der Waals surface area (Å²) in [4.78, 5) is 27.5. The number of benzene rings is 2. The molecular weight excluding hydrogens is 580 g/mol. The number of nitrogens with one attached hydrogen (secondary N) is 1. The van der Waals surface area contributed by atoms with E-state index in [9.17, 15) is 14.7 Å². The second-order valence-corrected chi connectivity index (χ2v) is 12.3. The van der Waals surface area contributed by atoms with Crippen LogP contribution in [0.25, 0.3) is 0 Å². The molecule has 9 nitrogen and oxygen atoms in total. The maximum absolute atomic E-state index is 13.2. The third-order valence-electron chi connectivity index (χ3n) is 9.87. The second kappa shape index (κ2) is 10.6. The van der Waals surface area contributed by atoms with Gasteiger partial charge in [0.2, 0.25) is 5.91 Å². The Balaban J connectivity index is 0.000000187. The molecule has 2 bridgehead atoms. The van der Waals surface area contributed by atoms with Crippen LogP contribution in [0.15, 0.2) is 64.7 Å². The Labute approximate surface area is 241 Å². The van der Waals surface area contributed by atoms with Crippen LogP contribution in [0.1, 0.15) is 31.7 Å². The van der Waals surface area contributed by atoms with E-state index in [0.29, 0.717) is 42.7 Å². The Morgan fingerprint density at radius 3 is 2.73 bits per heavy atom. The Morgan fingerprint density at radius 2 is 1.95 bits per heavy atom. The van der Waals surface area contributed by atoms with Gasteiger partial charge in [-0.2, -0.15) is 0 Å². The molecule has 1 spiro atoms. The molecule has 1 unspecified atom stereocenters. The molecule has 3 saturated heterocycles. The lowest BCUT2D eigenvalue weighted by atomic mass is 9.53. The summed E-state index contributed by atoms with van der Waals surface area (Å²) in [7, 11) is 0. The Bertz CT molecular complexity index is 1350. The monoisotopic (exact) mass is 614 g/mol. The van der Waals surface area contributed by atoms with Crippen molar-refractivity contribution in [3.63, 3.8) is 0 Å². The number of aliphatic carboxylic acids is 1. The van der Waals surface area contributed by atoms with E-state index in [1.807, 2.05) is 6.07 Å². The number of rotatable bonds is 3. The van der Waals surface area contributed by atoms with Gasteiger partial charge in [0, 0.05) is 24.4 Å². The zero-order valence-electron chi connectivity index (χ0n) is 22.3. The van der Waals surface area contributed by atoms with Crippen LogP contribution >= 0.6 is 15.9 Å². The first-order valence-electron chi connectivity index (χ1n) is 13.6. The van der Waals surface area contributed by atoms with E-state index >= 15 is 0 Å². The summed E-state index contributed by atoms with van der Waals surface area (Å²) >= 11 is 3.24. The number of halogens is 1. The number of hydrogen-bond acceptors (Lipinski definition) is 5. The molecule has 2 aromatic rings. The molecule has 4 fully saturated rings. The first kappa shape index (κ1) is 28.8. The molecule has 8 rings (SSSR count). The number of quaternary nitrogens is 1. The number of piperidine rings is 2. The number of hydrogen-bond donors (Lipinski definition) is 1. The topological polar surface area (TPSA) is 146 Å². The number of carboxylic acids is 1. The van der Waals surface area contributed by atoms with E-state index in [1.54, 1.807) is 28.7 Å². The minimum Gasteiger partial charge on any atom is -0.546 e. The predicted molar refractivity (Wildman–Crippen MR) is 149 cm³/mol. The van der Waals surface area contributed by atoms with Crippen LogP contribution in [0.5, 0.6) is 5.75 Å². The summed E-state index contributed by atoms with van der Waals surface area (Å²) in [6.45, 7) is 4.58. The molecule has 8 atom stereocenters. The lowest BCUT2D eigenvalue weighted by molar-refractivity contribution is -0.916. The predicted octanol–water partition coefficient (Wildman–Crippen LogP) is -0.00770. The molecule has 10 heteroatoms. The van der Waals surface area contributed by atoms with E-state index < -0.39 is 12.1 Å². The van der Waals surface area contributed by atoms with Crippen LogP contribution in [0, 0.1) is 11.8 Å². The van der Waals surface area contributed by atoms with E-state index in [2.05, 4.69) is 51.2 Å². The highest BCUT2D eigenvalue weighted by Crippen LogP contribution is 2.62. The number of nitrogens with zero attached hydrogens (tertiary/aromatic N) is 1. The fourth-order valence-electron chi connectivity index (χ4n) is 8.51. The van der Waals surface area contributed by atoms with Crippen molar-refractivity contribution in [1.82, 2.24) is 0 Å². The summed E-state index contributed by atoms with van der Waals surface area (Å²) in [5.41, 5.74) is 4.46. The molecule has 40 heavy (non-hydrogen) atoms. The molecule has 5 aliphatic heterocycles. The Hall–Kier alpha value is -2.76. The molecule has 1 aliphatic carbocycles. The quantitative estimate of drug-likeness (QED) is 0.483. The number of carbonyl (C=O) groups excluding carboxylic acids is 2. The number of carbonyl (C=O) groups is 2. The van der Waals surface area contributed by atoms with Gasteiger partial charge in [-0.25, -0.2) is 0 Å². The van der Waals surface area contributed by atoms with E-state index in [1.165, 1.54) is 44.1 Å². The fraction of sp³-hybridized carbons (Fsp3) is 0.467. The third-order valence-corrected chi connectivity index (χ3v) is 10.5. The van der Waals surface area contributed by atoms with Crippen molar-refractivity contribution >= 4 is 33.5 Å². The zero-order valence-corrected chi connectivity index (χ0v) is 23.9. The number of ether oxygens (including phenoxy) is 2. The summed E-state index contributed by atoms with van der Waals surface area (Å²) < 4.78 is 12.1. The number of anilines is 1. The van der Waals surface area contributed by atoms with Crippen LogP contribution < -0.4 is 19.6 Å². The average molecular weight is 616 g/mol. The number of amides is 1. The van der Waals surface area contributed by atoms with Gasteiger partial charge in [0.1, 0.15) is 17.9 Å².